The van der Waals surface area contributed by atoms with Crippen molar-refractivity contribution >= 4 is 5.97 Å². The van der Waals surface area contributed by atoms with E-state index in [-0.39, 0.29) is 6.04 Å². The fourth-order valence-corrected chi connectivity index (χ4v) is 5.80. The summed E-state index contributed by atoms with van der Waals surface area (Å²) in [5.41, 5.74) is 6.23. The molecule has 5 unspecified atom stereocenters. The maximum absolute atomic E-state index is 12.2. The Morgan fingerprint density at radius 3 is 2.96 bits per heavy atom. The molecule has 0 saturated carbocycles. The number of benzene rings is 1. The fraction of sp³-hybridized carbons (Fsp3) is 0.571. The van der Waals surface area contributed by atoms with E-state index in [1.54, 1.807) is 20.1 Å². The summed E-state index contributed by atoms with van der Waals surface area (Å²) in [5, 5.41) is 12.0. The second kappa shape index (κ2) is 5.72. The number of likely N-dealkylation sites (tertiary alicyclic amines) is 1. The first-order valence-corrected chi connectivity index (χ1v) is 9.80. The van der Waals surface area contributed by atoms with Crippen LogP contribution in [0.1, 0.15) is 30.9 Å². The summed E-state index contributed by atoms with van der Waals surface area (Å²) in [6.45, 7) is 2.43. The van der Waals surface area contributed by atoms with Crippen LogP contribution in [0.15, 0.2) is 24.0 Å². The van der Waals surface area contributed by atoms with Crippen LogP contribution >= 0.6 is 0 Å². The number of rotatable bonds is 3. The highest BCUT2D eigenvalue weighted by Crippen LogP contribution is 2.65. The Hall–Kier alpha value is -2.09. The Bertz CT molecular complexity index is 897. The minimum absolute atomic E-state index is 0.0267. The Morgan fingerprint density at radius 2 is 2.25 bits per heavy atom. The predicted molar refractivity (Wildman–Crippen MR) is 101 cm³/mol. The van der Waals surface area contributed by atoms with Crippen molar-refractivity contribution in [3.63, 3.8) is 0 Å². The fourth-order valence-electron chi connectivity index (χ4n) is 5.80. The maximum Gasteiger partial charge on any atom is 0.327 e. The molecule has 2 aliphatic carbocycles. The quantitative estimate of drug-likeness (QED) is 0.744. The van der Waals surface area contributed by atoms with Crippen LogP contribution in [0.2, 0.25) is 0 Å². The molecule has 2 aliphatic heterocycles. The molecule has 0 aromatic heterocycles. The first kappa shape index (κ1) is 18.0. The number of aliphatic hydroxyl groups is 1. The second-order valence-corrected chi connectivity index (χ2v) is 8.50. The molecule has 3 N–H and O–H groups in total. The number of likely N-dealkylation sites (N-methyl/N-ethyl adjacent to an activating group) is 1. The minimum atomic E-state index is -1.00. The van der Waals surface area contributed by atoms with Crippen LogP contribution in [-0.4, -0.2) is 60.5 Å². The normalized spacial score (nSPS) is 36.1. The van der Waals surface area contributed by atoms with Crippen molar-refractivity contribution in [1.29, 1.82) is 0 Å². The van der Waals surface area contributed by atoms with Crippen molar-refractivity contribution in [2.45, 2.75) is 55.4 Å². The number of carbonyl (C=O) groups is 1. The molecule has 1 aromatic carbocycles. The van der Waals surface area contributed by atoms with Gasteiger partial charge in [0.05, 0.1) is 18.1 Å². The van der Waals surface area contributed by atoms with Gasteiger partial charge in [0.15, 0.2) is 17.6 Å². The molecule has 4 aliphatic rings. The van der Waals surface area contributed by atoms with E-state index in [1.807, 2.05) is 6.07 Å². The third-order valence-corrected chi connectivity index (χ3v) is 7.15. The lowest BCUT2D eigenvalue weighted by atomic mass is 9.50. The lowest BCUT2D eigenvalue weighted by molar-refractivity contribution is -0.169. The molecule has 1 saturated heterocycles. The minimum Gasteiger partial charge on any atom is -0.493 e. The number of methoxy groups -OCH3 is 1. The number of nitrogens with zero attached hydrogens (tertiary/aromatic N) is 1. The number of hydrogen-bond acceptors (Lipinski definition) is 7. The molecule has 0 radical (unpaired) electrons. The average Bonchev–Trinajstić information content (AvgIpc) is 3.02. The maximum atomic E-state index is 12.2. The smallest absolute Gasteiger partial charge is 0.327 e. The molecule has 7 nitrogen and oxygen atoms in total. The van der Waals surface area contributed by atoms with Crippen molar-refractivity contribution in [2.75, 3.05) is 20.7 Å². The Balaban J connectivity index is 1.72. The first-order chi connectivity index (χ1) is 13.3. The third-order valence-electron chi connectivity index (χ3n) is 7.15. The largest absolute Gasteiger partial charge is 0.493 e. The molecule has 28 heavy (non-hydrogen) atoms. The monoisotopic (exact) mass is 386 g/mol. The lowest BCUT2D eigenvalue weighted by Crippen LogP contribution is -2.74. The Morgan fingerprint density at radius 1 is 1.46 bits per heavy atom. The van der Waals surface area contributed by atoms with Gasteiger partial charge < -0.3 is 30.0 Å². The molecule has 0 amide bonds. The number of hydrogen-bond donors (Lipinski definition) is 2. The summed E-state index contributed by atoms with van der Waals surface area (Å²) < 4.78 is 17.6. The van der Waals surface area contributed by atoms with Gasteiger partial charge in [0.1, 0.15) is 11.8 Å². The molecule has 5 atom stereocenters. The van der Waals surface area contributed by atoms with E-state index in [1.165, 1.54) is 5.56 Å². The van der Waals surface area contributed by atoms with Gasteiger partial charge in [0.2, 0.25) is 0 Å². The summed E-state index contributed by atoms with van der Waals surface area (Å²) in [5.74, 6) is 1.25. The van der Waals surface area contributed by atoms with E-state index >= 15 is 0 Å². The van der Waals surface area contributed by atoms with Crippen LogP contribution in [-0.2, 0) is 21.4 Å². The van der Waals surface area contributed by atoms with Gasteiger partial charge in [0.25, 0.3) is 0 Å². The first-order valence-electron chi connectivity index (χ1n) is 9.80. The SMILES string of the molecule is COc1ccc2c3c1OC1C(OC(=O)C(C)N)=CCC4(O)C(C2)N(C)CCC314. The van der Waals surface area contributed by atoms with Crippen LogP contribution in [0.3, 0.4) is 0 Å². The van der Waals surface area contributed by atoms with Crippen molar-refractivity contribution in [2.24, 2.45) is 5.73 Å². The summed E-state index contributed by atoms with van der Waals surface area (Å²) in [6.07, 6.45) is 3.09. The molecule has 2 bridgehead atoms. The summed E-state index contributed by atoms with van der Waals surface area (Å²) >= 11 is 0. The van der Waals surface area contributed by atoms with Gasteiger partial charge in [-0.15, -0.1) is 0 Å². The molecular weight excluding hydrogens is 360 g/mol. The number of nitrogens with two attached hydrogens (primary N) is 1. The molecule has 5 rings (SSSR count). The van der Waals surface area contributed by atoms with Crippen LogP contribution in [0, 0.1) is 0 Å². The van der Waals surface area contributed by atoms with Crippen molar-refractivity contribution < 1.29 is 24.1 Å². The molecule has 7 heteroatoms. The molecule has 1 aromatic rings. The Labute approximate surface area is 164 Å². The molecule has 1 fully saturated rings. The van der Waals surface area contributed by atoms with E-state index < -0.39 is 29.1 Å². The van der Waals surface area contributed by atoms with Crippen LogP contribution in [0.5, 0.6) is 11.5 Å². The number of piperidine rings is 1. The number of ether oxygens (including phenoxy) is 3. The molecule has 2 heterocycles. The van der Waals surface area contributed by atoms with Crippen LogP contribution in [0.4, 0.5) is 0 Å². The topological polar surface area (TPSA) is 94.2 Å². The van der Waals surface area contributed by atoms with Crippen LogP contribution < -0.4 is 15.2 Å². The van der Waals surface area contributed by atoms with Gasteiger partial charge in [-0.1, -0.05) is 6.07 Å². The van der Waals surface area contributed by atoms with Crippen molar-refractivity contribution in [3.8, 4) is 11.5 Å². The number of carbonyl (C=O) groups excluding carboxylic acids is 1. The standard InChI is InChI=1S/C21H26N2O5/c1-11(22)19(24)27-14-6-7-21(25)15-10-12-4-5-13(26-3)17-16(12)20(21,18(14)28-17)8-9-23(15)2/h4-6,11,15,18,25H,7-10,22H2,1-3H3. The van der Waals surface area contributed by atoms with Crippen molar-refractivity contribution in [1.82, 2.24) is 4.90 Å². The highest BCUT2D eigenvalue weighted by atomic mass is 16.6. The predicted octanol–water partition coefficient (Wildman–Crippen LogP) is 0.863. The van der Waals surface area contributed by atoms with Gasteiger partial charge >= 0.3 is 5.97 Å². The molecule has 150 valence electrons. The zero-order valence-electron chi connectivity index (χ0n) is 16.4. The third kappa shape index (κ3) is 1.97. The van der Waals surface area contributed by atoms with Crippen molar-refractivity contribution in [3.05, 3.63) is 35.1 Å². The van der Waals surface area contributed by atoms with Gasteiger partial charge in [-0.05, 0) is 51.1 Å². The highest BCUT2D eigenvalue weighted by Gasteiger charge is 2.72. The van der Waals surface area contributed by atoms with Gasteiger partial charge in [-0.25, -0.2) is 4.79 Å². The van der Waals surface area contributed by atoms with E-state index in [0.717, 1.165) is 18.5 Å². The Kier molecular flexibility index (Phi) is 3.67. The summed E-state index contributed by atoms with van der Waals surface area (Å²) in [7, 11) is 3.67. The lowest BCUT2D eigenvalue weighted by Gasteiger charge is -2.61. The van der Waals surface area contributed by atoms with E-state index in [0.29, 0.717) is 30.1 Å². The van der Waals surface area contributed by atoms with E-state index in [2.05, 4.69) is 18.0 Å². The van der Waals surface area contributed by atoms with Gasteiger partial charge in [-0.3, -0.25) is 0 Å². The van der Waals surface area contributed by atoms with Gasteiger partial charge in [0, 0.05) is 18.0 Å². The average molecular weight is 386 g/mol. The molecule has 1 spiro atoms. The zero-order chi connectivity index (χ0) is 19.8. The highest BCUT2D eigenvalue weighted by molar-refractivity contribution is 5.76. The summed E-state index contributed by atoms with van der Waals surface area (Å²) in [4.78, 5) is 14.5. The molecular formula is C21H26N2O5. The zero-order valence-corrected chi connectivity index (χ0v) is 16.4. The summed E-state index contributed by atoms with van der Waals surface area (Å²) in [6, 6.07) is 3.23. The van der Waals surface area contributed by atoms with Gasteiger partial charge in [-0.2, -0.15) is 0 Å². The second-order valence-electron chi connectivity index (χ2n) is 8.50. The van der Waals surface area contributed by atoms with E-state index in [9.17, 15) is 9.90 Å². The van der Waals surface area contributed by atoms with E-state index in [4.69, 9.17) is 19.9 Å². The van der Waals surface area contributed by atoms with Crippen LogP contribution in [0.25, 0.3) is 0 Å². The number of esters is 1.